The highest BCUT2D eigenvalue weighted by Gasteiger charge is 2.17. The van der Waals surface area contributed by atoms with Crippen LogP contribution in [0.2, 0.25) is 0 Å². The van der Waals surface area contributed by atoms with Gasteiger partial charge < -0.3 is 4.98 Å². The summed E-state index contributed by atoms with van der Waals surface area (Å²) in [4.78, 5) is 29.0. The van der Waals surface area contributed by atoms with Gasteiger partial charge in [-0.05, 0) is 43.7 Å². The number of nitrogens with one attached hydrogen (secondary N) is 2. The molecule has 2 N–H and O–H groups in total. The summed E-state index contributed by atoms with van der Waals surface area (Å²) >= 11 is 0. The van der Waals surface area contributed by atoms with Gasteiger partial charge in [-0.25, -0.2) is 9.07 Å². The first-order chi connectivity index (χ1) is 12.9. The lowest BCUT2D eigenvalue weighted by Crippen LogP contribution is -2.21. The summed E-state index contributed by atoms with van der Waals surface area (Å²) in [5.74, 6) is -0.393. The standard InChI is InChI=1S/C21H18FN3O2/c1-12-4-3-5-14(10-12)11-17-13(2)23-20-18(19(17)26)21(27)25(24-20)16-8-6-15(22)7-9-16/h3-10H,11H2,1-2H3,(H2,23,24,26). The predicted octanol–water partition coefficient (Wildman–Crippen LogP) is 3.35. The third-order valence-corrected chi connectivity index (χ3v) is 4.71. The summed E-state index contributed by atoms with van der Waals surface area (Å²) in [6.07, 6.45) is 0.444. The van der Waals surface area contributed by atoms with E-state index in [0.717, 1.165) is 11.1 Å². The Morgan fingerprint density at radius 3 is 2.48 bits per heavy atom. The van der Waals surface area contributed by atoms with Crippen molar-refractivity contribution in [1.82, 2.24) is 14.8 Å². The average molecular weight is 363 g/mol. The number of hydrogen-bond acceptors (Lipinski definition) is 2. The van der Waals surface area contributed by atoms with Gasteiger partial charge in [-0.15, -0.1) is 0 Å². The fraction of sp³-hybridized carbons (Fsp3) is 0.143. The zero-order valence-corrected chi connectivity index (χ0v) is 15.0. The van der Waals surface area contributed by atoms with Gasteiger partial charge in [-0.2, -0.15) is 0 Å². The molecular formula is C21H18FN3O2. The number of nitrogens with zero attached hydrogens (tertiary/aromatic N) is 1. The first-order valence-electron chi connectivity index (χ1n) is 8.62. The molecule has 0 spiro atoms. The van der Waals surface area contributed by atoms with Gasteiger partial charge in [-0.1, -0.05) is 29.8 Å². The summed E-state index contributed by atoms with van der Waals surface area (Å²) in [6, 6.07) is 13.4. The van der Waals surface area contributed by atoms with Gasteiger partial charge in [0.2, 0.25) is 0 Å². The fourth-order valence-corrected chi connectivity index (χ4v) is 3.33. The average Bonchev–Trinajstić information content (AvgIpc) is 2.96. The largest absolute Gasteiger partial charge is 0.343 e. The van der Waals surface area contributed by atoms with Crippen molar-refractivity contribution in [3.8, 4) is 5.69 Å². The van der Waals surface area contributed by atoms with Crippen molar-refractivity contribution in [3.05, 3.63) is 97.3 Å². The molecule has 4 rings (SSSR count). The van der Waals surface area contributed by atoms with E-state index >= 15 is 0 Å². The van der Waals surface area contributed by atoms with Crippen molar-refractivity contribution >= 4 is 11.0 Å². The smallest absolute Gasteiger partial charge is 0.284 e. The molecule has 0 saturated heterocycles. The monoisotopic (exact) mass is 363 g/mol. The van der Waals surface area contributed by atoms with Crippen molar-refractivity contribution in [1.29, 1.82) is 0 Å². The van der Waals surface area contributed by atoms with E-state index in [1.807, 2.05) is 38.1 Å². The summed E-state index contributed by atoms with van der Waals surface area (Å²) in [7, 11) is 0. The molecule has 5 nitrogen and oxygen atoms in total. The third-order valence-electron chi connectivity index (χ3n) is 4.71. The second kappa shape index (κ2) is 6.39. The number of hydrogen-bond donors (Lipinski definition) is 2. The van der Waals surface area contributed by atoms with Crippen LogP contribution in [0.5, 0.6) is 0 Å². The molecule has 0 aliphatic rings. The Balaban J connectivity index is 1.88. The molecular weight excluding hydrogens is 345 g/mol. The molecule has 2 heterocycles. The Bertz CT molecular complexity index is 1260. The Hall–Kier alpha value is -3.41. The molecule has 0 fully saturated rings. The molecule has 136 valence electrons. The van der Waals surface area contributed by atoms with Gasteiger partial charge >= 0.3 is 0 Å². The summed E-state index contributed by atoms with van der Waals surface area (Å²) in [5, 5.41) is 2.98. The van der Waals surface area contributed by atoms with Crippen LogP contribution in [-0.2, 0) is 6.42 Å². The van der Waals surface area contributed by atoms with Crippen LogP contribution in [-0.4, -0.2) is 14.8 Å². The van der Waals surface area contributed by atoms with Gasteiger partial charge in [0, 0.05) is 17.7 Å². The van der Waals surface area contributed by atoms with E-state index in [4.69, 9.17) is 0 Å². The highest BCUT2D eigenvalue weighted by Crippen LogP contribution is 2.14. The minimum absolute atomic E-state index is 0.0765. The quantitative estimate of drug-likeness (QED) is 0.586. The molecule has 4 aromatic rings. The minimum Gasteiger partial charge on any atom is -0.343 e. The molecule has 0 bridgehead atoms. The zero-order valence-electron chi connectivity index (χ0n) is 15.0. The second-order valence-electron chi connectivity index (χ2n) is 6.70. The molecule has 2 aromatic carbocycles. The highest BCUT2D eigenvalue weighted by atomic mass is 19.1. The molecule has 0 amide bonds. The third kappa shape index (κ3) is 2.99. The van der Waals surface area contributed by atoms with Gasteiger partial charge in [-0.3, -0.25) is 14.7 Å². The molecule has 2 aromatic heterocycles. The number of fused-ring (bicyclic) bond motifs is 1. The van der Waals surface area contributed by atoms with E-state index in [0.29, 0.717) is 29.0 Å². The van der Waals surface area contributed by atoms with Crippen molar-refractivity contribution in [3.63, 3.8) is 0 Å². The number of aromatic amines is 2. The SMILES string of the molecule is Cc1cccc(Cc2c(C)[nH]c3[nH]n(-c4ccc(F)cc4)c(=O)c3c2=O)c1. The van der Waals surface area contributed by atoms with E-state index in [2.05, 4.69) is 10.1 Å². The van der Waals surface area contributed by atoms with Crippen LogP contribution < -0.4 is 11.0 Å². The number of rotatable bonds is 3. The Morgan fingerprint density at radius 2 is 1.78 bits per heavy atom. The topological polar surface area (TPSA) is 70.7 Å². The minimum atomic E-state index is -0.455. The summed E-state index contributed by atoms with van der Waals surface area (Å²) < 4.78 is 14.4. The van der Waals surface area contributed by atoms with Crippen molar-refractivity contribution in [2.75, 3.05) is 0 Å². The van der Waals surface area contributed by atoms with Crippen LogP contribution in [0, 0.1) is 19.7 Å². The number of pyridine rings is 1. The van der Waals surface area contributed by atoms with Crippen LogP contribution in [0.15, 0.2) is 58.1 Å². The molecule has 0 unspecified atom stereocenters. The van der Waals surface area contributed by atoms with Crippen molar-refractivity contribution in [2.45, 2.75) is 20.3 Å². The lowest BCUT2D eigenvalue weighted by molar-refractivity contribution is 0.627. The first kappa shape index (κ1) is 17.0. The maximum Gasteiger partial charge on any atom is 0.284 e. The first-order valence-corrected chi connectivity index (χ1v) is 8.62. The summed E-state index contributed by atoms with van der Waals surface area (Å²) in [5.41, 5.74) is 3.48. The number of halogens is 1. The van der Waals surface area contributed by atoms with Gasteiger partial charge in [0.05, 0.1) is 5.69 Å². The van der Waals surface area contributed by atoms with Crippen LogP contribution >= 0.6 is 0 Å². The van der Waals surface area contributed by atoms with Crippen LogP contribution in [0.1, 0.15) is 22.4 Å². The maximum atomic E-state index is 13.2. The summed E-state index contributed by atoms with van der Waals surface area (Å²) in [6.45, 7) is 3.82. The van der Waals surface area contributed by atoms with E-state index in [1.54, 1.807) is 0 Å². The Kier molecular flexibility index (Phi) is 4.03. The van der Waals surface area contributed by atoms with Crippen LogP contribution in [0.4, 0.5) is 4.39 Å². The van der Waals surface area contributed by atoms with Gasteiger partial charge in [0.15, 0.2) is 5.43 Å². The lowest BCUT2D eigenvalue weighted by Gasteiger charge is -2.06. The molecule has 0 saturated carbocycles. The zero-order chi connectivity index (χ0) is 19.1. The highest BCUT2D eigenvalue weighted by molar-refractivity contribution is 5.75. The van der Waals surface area contributed by atoms with E-state index in [-0.39, 0.29) is 10.8 Å². The van der Waals surface area contributed by atoms with Crippen LogP contribution in [0.25, 0.3) is 16.7 Å². The Morgan fingerprint density at radius 1 is 1.04 bits per heavy atom. The van der Waals surface area contributed by atoms with Crippen LogP contribution in [0.3, 0.4) is 0 Å². The normalized spacial score (nSPS) is 11.2. The Labute approximate surface area is 154 Å². The van der Waals surface area contributed by atoms with E-state index in [9.17, 15) is 14.0 Å². The van der Waals surface area contributed by atoms with Gasteiger partial charge in [0.25, 0.3) is 5.56 Å². The van der Waals surface area contributed by atoms with E-state index < -0.39 is 11.4 Å². The van der Waals surface area contributed by atoms with Crippen molar-refractivity contribution < 1.29 is 4.39 Å². The fourth-order valence-electron chi connectivity index (χ4n) is 3.33. The molecule has 0 aliphatic heterocycles. The molecule has 0 atom stereocenters. The van der Waals surface area contributed by atoms with E-state index in [1.165, 1.54) is 28.9 Å². The number of aryl methyl sites for hydroxylation is 2. The predicted molar refractivity (Wildman–Crippen MR) is 103 cm³/mol. The molecule has 0 aliphatic carbocycles. The maximum absolute atomic E-state index is 13.2. The molecule has 0 radical (unpaired) electrons. The number of H-pyrrole nitrogens is 2. The second-order valence-corrected chi connectivity index (χ2v) is 6.70. The lowest BCUT2D eigenvalue weighted by atomic mass is 10.0. The number of benzene rings is 2. The van der Waals surface area contributed by atoms with Gasteiger partial charge in [0.1, 0.15) is 16.9 Å². The number of aromatic nitrogens is 3. The molecule has 27 heavy (non-hydrogen) atoms. The van der Waals surface area contributed by atoms with Crippen molar-refractivity contribution in [2.24, 2.45) is 0 Å². The molecule has 6 heteroatoms.